The summed E-state index contributed by atoms with van der Waals surface area (Å²) in [5, 5.41) is 0. The van der Waals surface area contributed by atoms with Crippen molar-refractivity contribution in [2.45, 2.75) is 56.5 Å². The predicted octanol–water partition coefficient (Wildman–Crippen LogP) is 2.63. The zero-order valence-corrected chi connectivity index (χ0v) is 23.6. The summed E-state index contributed by atoms with van der Waals surface area (Å²) in [6.45, 7) is 4.88. The molecule has 0 spiro atoms. The SMILES string of the molecule is CC(C)(C)OC(=O)C1CCN(c2c(C(F)(F)F)cc(C(=O)N=C(N)N)cc2S(C)(=O)=O)C(N)C1.Cl.Cl.Cl. The summed E-state index contributed by atoms with van der Waals surface area (Å²) < 4.78 is 72.5. The van der Waals surface area contributed by atoms with Crippen molar-refractivity contribution in [3.63, 3.8) is 0 Å². The highest BCUT2D eigenvalue weighted by Gasteiger charge is 2.42. The molecule has 6 N–H and O–H groups in total. The summed E-state index contributed by atoms with van der Waals surface area (Å²) >= 11 is 0. The van der Waals surface area contributed by atoms with E-state index in [1.165, 1.54) is 0 Å². The van der Waals surface area contributed by atoms with Gasteiger partial charge in [-0.25, -0.2) is 8.42 Å². The lowest BCUT2D eigenvalue weighted by atomic mass is 9.93. The summed E-state index contributed by atoms with van der Waals surface area (Å²) in [6.07, 6.45) is -5.46. The largest absolute Gasteiger partial charge is 0.460 e. The highest BCUT2D eigenvalue weighted by atomic mass is 35.5. The number of hydrogen-bond donors (Lipinski definition) is 3. The number of hydrogen-bond acceptors (Lipinski definition) is 7. The number of piperidine rings is 1. The standard InChI is InChI=1S/C20H28F3N5O5S.3ClH/c1-19(2,3)33-17(30)10-5-6-28(14(24)9-10)15-12(20(21,22)23)7-11(16(29)27-18(25)26)8-13(15)34(4,31)32;;;/h7-8,10,14H,5-6,9,24H2,1-4H3,(H4,25,26,27,29);3*1H. The van der Waals surface area contributed by atoms with E-state index in [9.17, 15) is 31.2 Å². The number of esters is 1. The van der Waals surface area contributed by atoms with Crippen molar-refractivity contribution in [1.29, 1.82) is 0 Å². The molecule has 2 rings (SSSR count). The van der Waals surface area contributed by atoms with Gasteiger partial charge in [0, 0.05) is 18.4 Å². The molecule has 2 atom stereocenters. The molecular weight excluding hydrogens is 586 g/mol. The molecule has 1 aliphatic heterocycles. The molecule has 17 heteroatoms. The molecule has 0 saturated carbocycles. The Morgan fingerprint density at radius 2 is 1.65 bits per heavy atom. The molecule has 10 nitrogen and oxygen atoms in total. The van der Waals surface area contributed by atoms with Crippen molar-refractivity contribution >= 4 is 70.6 Å². The van der Waals surface area contributed by atoms with Gasteiger partial charge < -0.3 is 26.8 Å². The first-order valence-electron chi connectivity index (χ1n) is 10.2. The van der Waals surface area contributed by atoms with Crippen LogP contribution in [0.15, 0.2) is 22.0 Å². The van der Waals surface area contributed by atoms with Crippen molar-refractivity contribution in [3.05, 3.63) is 23.3 Å². The number of benzene rings is 1. The Morgan fingerprint density at radius 1 is 1.11 bits per heavy atom. The van der Waals surface area contributed by atoms with Gasteiger partial charge in [0.25, 0.3) is 5.91 Å². The number of amides is 1. The number of nitrogens with zero attached hydrogens (tertiary/aromatic N) is 2. The predicted molar refractivity (Wildman–Crippen MR) is 140 cm³/mol. The summed E-state index contributed by atoms with van der Waals surface area (Å²) in [4.78, 5) is 28.1. The van der Waals surface area contributed by atoms with Gasteiger partial charge in [-0.05, 0) is 45.7 Å². The Labute approximate surface area is 231 Å². The van der Waals surface area contributed by atoms with Crippen LogP contribution in [0.1, 0.15) is 49.5 Å². The van der Waals surface area contributed by atoms with E-state index >= 15 is 0 Å². The van der Waals surface area contributed by atoms with Crippen LogP contribution >= 0.6 is 37.2 Å². The van der Waals surface area contributed by atoms with E-state index in [1.807, 2.05) is 0 Å². The Balaban J connectivity index is 0. The molecule has 1 aromatic rings. The van der Waals surface area contributed by atoms with Gasteiger partial charge >= 0.3 is 12.1 Å². The lowest BCUT2D eigenvalue weighted by molar-refractivity contribution is -0.161. The average molecular weight is 617 g/mol. The van der Waals surface area contributed by atoms with E-state index in [4.69, 9.17) is 21.9 Å². The first-order chi connectivity index (χ1) is 15.3. The van der Waals surface area contributed by atoms with Crippen LogP contribution in [0.25, 0.3) is 0 Å². The first-order valence-corrected chi connectivity index (χ1v) is 12.0. The van der Waals surface area contributed by atoms with Gasteiger partial charge in [-0.2, -0.15) is 18.2 Å². The van der Waals surface area contributed by atoms with Gasteiger partial charge in [0.05, 0.1) is 28.2 Å². The van der Waals surface area contributed by atoms with Crippen molar-refractivity contribution in [1.82, 2.24) is 0 Å². The molecule has 214 valence electrons. The van der Waals surface area contributed by atoms with Crippen molar-refractivity contribution in [2.24, 2.45) is 28.1 Å². The lowest BCUT2D eigenvalue weighted by Crippen LogP contribution is -2.51. The van der Waals surface area contributed by atoms with E-state index in [1.54, 1.807) is 20.8 Å². The Morgan fingerprint density at radius 3 is 2.05 bits per heavy atom. The molecule has 1 saturated heterocycles. The molecule has 0 aromatic heterocycles. The molecule has 0 aliphatic carbocycles. The lowest BCUT2D eigenvalue weighted by Gasteiger charge is -2.40. The minimum Gasteiger partial charge on any atom is -0.460 e. The second-order valence-corrected chi connectivity index (χ2v) is 11.0. The maximum absolute atomic E-state index is 14.1. The summed E-state index contributed by atoms with van der Waals surface area (Å²) in [5.41, 5.74) is 12.9. The number of rotatable bonds is 4. The van der Waals surface area contributed by atoms with Crippen LogP contribution in [0.3, 0.4) is 0 Å². The molecule has 2 unspecified atom stereocenters. The molecule has 1 heterocycles. The fraction of sp³-hybridized carbons (Fsp3) is 0.550. The number of alkyl halides is 3. The zero-order valence-electron chi connectivity index (χ0n) is 20.4. The van der Waals surface area contributed by atoms with Crippen LogP contribution in [-0.4, -0.2) is 50.8 Å². The molecule has 0 bridgehead atoms. The monoisotopic (exact) mass is 615 g/mol. The van der Waals surface area contributed by atoms with E-state index in [0.717, 1.165) is 11.0 Å². The fourth-order valence-corrected chi connectivity index (χ4v) is 4.50. The quantitative estimate of drug-likeness (QED) is 0.261. The third-order valence-electron chi connectivity index (χ3n) is 4.93. The number of sulfone groups is 1. The number of ether oxygens (including phenoxy) is 1. The number of halogens is 6. The van der Waals surface area contributed by atoms with Crippen LogP contribution in [0.2, 0.25) is 0 Å². The minimum absolute atomic E-state index is 0. The molecule has 1 fully saturated rings. The third kappa shape index (κ3) is 9.67. The fourth-order valence-electron chi connectivity index (χ4n) is 3.58. The molecular formula is C20H31Cl3F3N5O5S. The van der Waals surface area contributed by atoms with Crippen molar-refractivity contribution in [3.8, 4) is 0 Å². The van der Waals surface area contributed by atoms with E-state index < -0.39 is 73.2 Å². The van der Waals surface area contributed by atoms with Crippen LogP contribution in [0, 0.1) is 5.92 Å². The second-order valence-electron chi connectivity index (χ2n) is 9.00. The topological polar surface area (TPSA) is 171 Å². The number of nitrogens with two attached hydrogens (primary N) is 3. The summed E-state index contributed by atoms with van der Waals surface area (Å²) in [7, 11) is -4.28. The zero-order chi connectivity index (χ0) is 26.2. The second kappa shape index (κ2) is 13.2. The van der Waals surface area contributed by atoms with Gasteiger partial charge in [-0.15, -0.1) is 37.2 Å². The normalized spacial score (nSPS) is 17.9. The number of guanidine groups is 1. The number of carbonyl (C=O) groups excluding carboxylic acids is 2. The molecule has 37 heavy (non-hydrogen) atoms. The first kappa shape index (κ1) is 37.2. The highest BCUT2D eigenvalue weighted by molar-refractivity contribution is 7.90. The molecule has 1 amide bonds. The number of aliphatic imine (C=N–C) groups is 1. The summed E-state index contributed by atoms with van der Waals surface area (Å²) in [6, 6.07) is 1.26. The van der Waals surface area contributed by atoms with E-state index in [-0.39, 0.29) is 56.6 Å². The number of carbonyl (C=O) groups is 2. The van der Waals surface area contributed by atoms with Gasteiger partial charge in [0.1, 0.15) is 5.60 Å². The number of anilines is 1. The van der Waals surface area contributed by atoms with Gasteiger partial charge in [-0.3, -0.25) is 9.59 Å². The molecule has 1 aromatic carbocycles. The van der Waals surface area contributed by atoms with Crippen LogP contribution < -0.4 is 22.1 Å². The maximum Gasteiger partial charge on any atom is 0.418 e. The van der Waals surface area contributed by atoms with Gasteiger partial charge in [0.2, 0.25) is 0 Å². The highest BCUT2D eigenvalue weighted by Crippen LogP contribution is 2.43. The summed E-state index contributed by atoms with van der Waals surface area (Å²) in [5.74, 6) is -3.16. The van der Waals surface area contributed by atoms with Crippen LogP contribution in [-0.2, 0) is 25.5 Å². The Bertz CT molecular complexity index is 1120. The average Bonchev–Trinajstić information content (AvgIpc) is 2.63. The van der Waals surface area contributed by atoms with Crippen molar-refractivity contribution in [2.75, 3.05) is 17.7 Å². The Hall–Kier alpha value is -2.00. The molecule has 0 radical (unpaired) electrons. The van der Waals surface area contributed by atoms with E-state index in [2.05, 4.69) is 4.99 Å². The van der Waals surface area contributed by atoms with Crippen molar-refractivity contribution < 1.29 is 35.9 Å². The van der Waals surface area contributed by atoms with Crippen LogP contribution in [0.4, 0.5) is 18.9 Å². The smallest absolute Gasteiger partial charge is 0.418 e. The van der Waals surface area contributed by atoms with Gasteiger partial charge in [0.15, 0.2) is 15.8 Å². The maximum atomic E-state index is 14.1. The Kier molecular flexibility index (Phi) is 13.2. The van der Waals surface area contributed by atoms with Gasteiger partial charge in [-0.1, -0.05) is 0 Å². The minimum atomic E-state index is -5.05. The third-order valence-corrected chi connectivity index (χ3v) is 6.04. The van der Waals surface area contributed by atoms with E-state index in [0.29, 0.717) is 12.3 Å². The molecule has 1 aliphatic rings. The van der Waals surface area contributed by atoms with Crippen LogP contribution in [0.5, 0.6) is 0 Å².